The second kappa shape index (κ2) is 10.3. The van der Waals surface area contributed by atoms with Gasteiger partial charge in [-0.3, -0.25) is 0 Å². The summed E-state index contributed by atoms with van der Waals surface area (Å²) in [6.45, 7) is 6.81. The predicted octanol–water partition coefficient (Wildman–Crippen LogP) is 8.51. The predicted molar refractivity (Wildman–Crippen MR) is 135 cm³/mol. The van der Waals surface area contributed by atoms with Crippen molar-refractivity contribution in [1.82, 2.24) is 0 Å². The Kier molecular flexibility index (Phi) is 7.28. The Balaban J connectivity index is 1.33. The summed E-state index contributed by atoms with van der Waals surface area (Å²) in [5.74, 6) is 1.90. The Bertz CT molecular complexity index is 954. The van der Waals surface area contributed by atoms with E-state index in [9.17, 15) is 0 Å². The number of hydrogen-bond donors (Lipinski definition) is 0. The minimum atomic E-state index is 0.950. The molecule has 0 bridgehead atoms. The Morgan fingerprint density at radius 2 is 1.23 bits per heavy atom. The van der Waals surface area contributed by atoms with Crippen molar-refractivity contribution in [3.63, 3.8) is 0 Å². The zero-order chi connectivity index (χ0) is 21.6. The molecule has 3 aromatic rings. The van der Waals surface area contributed by atoms with Crippen LogP contribution in [0.15, 0.2) is 66.7 Å². The maximum Gasteiger partial charge on any atom is -0.0155 e. The van der Waals surface area contributed by atoms with Crippen LogP contribution < -0.4 is 0 Å². The summed E-state index contributed by atoms with van der Waals surface area (Å²) in [5, 5.41) is 0. The largest absolute Gasteiger partial charge is 0.0625 e. The van der Waals surface area contributed by atoms with Crippen LogP contribution in [-0.2, 0) is 19.3 Å². The standard InChI is InChI=1S/C31H38/c1-23-4-8-26(9-5-23)12-13-28-16-19-30(20-17-28)31-21-18-29(22-25(31)3)15-14-27-10-6-24(2)7-11-27/h6-7,10-11,16-23,26H,4-5,8-9,12-15H2,1-3H3. The molecular weight excluding hydrogens is 372 g/mol. The SMILES string of the molecule is Cc1ccc(CCc2ccc(-c3ccc(CCC4CCC(C)CC4)cc3)c(C)c2)cc1. The van der Waals surface area contributed by atoms with Crippen LogP contribution in [0.1, 0.15) is 66.8 Å². The summed E-state index contributed by atoms with van der Waals surface area (Å²) >= 11 is 0. The normalized spacial score (nSPS) is 18.8. The summed E-state index contributed by atoms with van der Waals surface area (Å²) in [6.07, 6.45) is 10.5. The third-order valence-electron chi connectivity index (χ3n) is 7.36. The van der Waals surface area contributed by atoms with Crippen LogP contribution in [0.25, 0.3) is 11.1 Å². The van der Waals surface area contributed by atoms with Gasteiger partial charge in [0.1, 0.15) is 0 Å². The van der Waals surface area contributed by atoms with Crippen LogP contribution >= 0.6 is 0 Å². The van der Waals surface area contributed by atoms with Gasteiger partial charge in [-0.1, -0.05) is 105 Å². The average Bonchev–Trinajstić information content (AvgIpc) is 2.79. The molecule has 0 aliphatic heterocycles. The molecule has 0 heterocycles. The van der Waals surface area contributed by atoms with Crippen molar-refractivity contribution < 1.29 is 0 Å². The first-order valence-electron chi connectivity index (χ1n) is 12.3. The maximum absolute atomic E-state index is 2.41. The molecule has 0 amide bonds. The second-order valence-electron chi connectivity index (χ2n) is 10.00. The molecule has 31 heavy (non-hydrogen) atoms. The summed E-state index contributed by atoms with van der Waals surface area (Å²) in [4.78, 5) is 0. The van der Waals surface area contributed by atoms with E-state index in [1.54, 1.807) is 0 Å². The lowest BCUT2D eigenvalue weighted by molar-refractivity contribution is 0.278. The topological polar surface area (TPSA) is 0 Å². The van der Waals surface area contributed by atoms with E-state index in [0.29, 0.717) is 0 Å². The lowest BCUT2D eigenvalue weighted by Gasteiger charge is -2.26. The zero-order valence-corrected chi connectivity index (χ0v) is 19.7. The van der Waals surface area contributed by atoms with E-state index < -0.39 is 0 Å². The van der Waals surface area contributed by atoms with Crippen LogP contribution in [0, 0.1) is 25.7 Å². The van der Waals surface area contributed by atoms with E-state index in [-0.39, 0.29) is 0 Å². The maximum atomic E-state index is 2.41. The molecule has 0 saturated heterocycles. The molecule has 0 radical (unpaired) electrons. The Hall–Kier alpha value is -2.34. The number of rotatable bonds is 7. The van der Waals surface area contributed by atoms with Gasteiger partial charge in [0.2, 0.25) is 0 Å². The fraction of sp³-hybridized carbons (Fsp3) is 0.419. The van der Waals surface area contributed by atoms with E-state index in [2.05, 4.69) is 87.5 Å². The quantitative estimate of drug-likeness (QED) is 0.366. The van der Waals surface area contributed by atoms with Crippen molar-refractivity contribution in [2.45, 2.75) is 72.1 Å². The number of benzene rings is 3. The first-order valence-corrected chi connectivity index (χ1v) is 12.3. The van der Waals surface area contributed by atoms with Crippen molar-refractivity contribution >= 4 is 0 Å². The fourth-order valence-corrected chi connectivity index (χ4v) is 5.09. The van der Waals surface area contributed by atoms with Crippen LogP contribution in [0.5, 0.6) is 0 Å². The van der Waals surface area contributed by atoms with Gasteiger partial charge in [0.15, 0.2) is 0 Å². The lowest BCUT2D eigenvalue weighted by atomic mass is 9.80. The second-order valence-corrected chi connectivity index (χ2v) is 10.00. The Morgan fingerprint density at radius 3 is 1.90 bits per heavy atom. The molecule has 1 aliphatic rings. The van der Waals surface area contributed by atoms with Gasteiger partial charge in [-0.25, -0.2) is 0 Å². The number of hydrogen-bond acceptors (Lipinski definition) is 0. The summed E-state index contributed by atoms with van der Waals surface area (Å²) in [7, 11) is 0. The molecule has 0 unspecified atom stereocenters. The highest BCUT2D eigenvalue weighted by molar-refractivity contribution is 5.67. The molecular formula is C31H38. The molecule has 0 heteroatoms. The summed E-state index contributed by atoms with van der Waals surface area (Å²) < 4.78 is 0. The molecule has 0 aromatic heterocycles. The minimum absolute atomic E-state index is 0.950. The average molecular weight is 411 g/mol. The molecule has 3 aromatic carbocycles. The zero-order valence-electron chi connectivity index (χ0n) is 19.7. The molecule has 0 N–H and O–H groups in total. The lowest BCUT2D eigenvalue weighted by Crippen LogP contribution is -2.12. The van der Waals surface area contributed by atoms with Crippen molar-refractivity contribution in [2.75, 3.05) is 0 Å². The van der Waals surface area contributed by atoms with Crippen LogP contribution in [0.4, 0.5) is 0 Å². The van der Waals surface area contributed by atoms with Gasteiger partial charge < -0.3 is 0 Å². The van der Waals surface area contributed by atoms with E-state index in [0.717, 1.165) is 24.7 Å². The fourth-order valence-electron chi connectivity index (χ4n) is 5.09. The molecule has 1 aliphatic carbocycles. The molecule has 0 atom stereocenters. The van der Waals surface area contributed by atoms with Gasteiger partial charge in [-0.15, -0.1) is 0 Å². The van der Waals surface area contributed by atoms with E-state index in [1.165, 1.54) is 77.5 Å². The highest BCUT2D eigenvalue weighted by Gasteiger charge is 2.17. The highest BCUT2D eigenvalue weighted by atomic mass is 14.2. The van der Waals surface area contributed by atoms with Gasteiger partial charge in [0, 0.05) is 0 Å². The van der Waals surface area contributed by atoms with Gasteiger partial charge >= 0.3 is 0 Å². The van der Waals surface area contributed by atoms with Gasteiger partial charge in [-0.2, -0.15) is 0 Å². The molecule has 4 rings (SSSR count). The first-order chi connectivity index (χ1) is 15.1. The highest BCUT2D eigenvalue weighted by Crippen LogP contribution is 2.31. The van der Waals surface area contributed by atoms with Crippen LogP contribution in [0.2, 0.25) is 0 Å². The smallest absolute Gasteiger partial charge is 0.0155 e. The van der Waals surface area contributed by atoms with E-state index >= 15 is 0 Å². The van der Waals surface area contributed by atoms with E-state index in [1.807, 2.05) is 0 Å². The minimum Gasteiger partial charge on any atom is -0.0625 e. The summed E-state index contributed by atoms with van der Waals surface area (Å²) in [5.41, 5.74) is 9.77. The van der Waals surface area contributed by atoms with Crippen molar-refractivity contribution in [2.24, 2.45) is 11.8 Å². The number of aryl methyl sites for hydroxylation is 5. The van der Waals surface area contributed by atoms with Crippen molar-refractivity contribution in [3.05, 3.63) is 94.5 Å². The van der Waals surface area contributed by atoms with Gasteiger partial charge in [-0.05, 0) is 84.7 Å². The molecule has 0 nitrogen and oxygen atoms in total. The van der Waals surface area contributed by atoms with Crippen molar-refractivity contribution in [1.29, 1.82) is 0 Å². The molecule has 162 valence electrons. The molecule has 1 saturated carbocycles. The van der Waals surface area contributed by atoms with Gasteiger partial charge in [0.05, 0.1) is 0 Å². The Morgan fingerprint density at radius 1 is 0.645 bits per heavy atom. The monoisotopic (exact) mass is 410 g/mol. The van der Waals surface area contributed by atoms with Gasteiger partial charge in [0.25, 0.3) is 0 Å². The van der Waals surface area contributed by atoms with Crippen LogP contribution in [0.3, 0.4) is 0 Å². The van der Waals surface area contributed by atoms with E-state index in [4.69, 9.17) is 0 Å². The third kappa shape index (κ3) is 6.10. The summed E-state index contributed by atoms with van der Waals surface area (Å²) in [6, 6.07) is 25.3. The molecule has 0 spiro atoms. The molecule has 1 fully saturated rings. The van der Waals surface area contributed by atoms with Crippen LogP contribution in [-0.4, -0.2) is 0 Å². The Labute approximate surface area is 189 Å². The van der Waals surface area contributed by atoms with Crippen molar-refractivity contribution in [3.8, 4) is 11.1 Å². The third-order valence-corrected chi connectivity index (χ3v) is 7.36. The first kappa shape index (κ1) is 21.9.